The van der Waals surface area contributed by atoms with E-state index in [0.29, 0.717) is 0 Å². The maximum Gasteiger partial charge on any atom is 0.307 e. The second kappa shape index (κ2) is 7.28. The van der Waals surface area contributed by atoms with Crippen molar-refractivity contribution in [3.05, 3.63) is 0 Å². The lowest BCUT2D eigenvalue weighted by Crippen LogP contribution is -2.30. The summed E-state index contributed by atoms with van der Waals surface area (Å²) in [5, 5.41) is 11.1. The lowest BCUT2D eigenvalue weighted by Gasteiger charge is -2.08. The second-order valence-electron chi connectivity index (χ2n) is 3.22. The number of carboxylic acid groups (broad SMARTS) is 1. The Bertz CT molecular complexity index is 254. The van der Waals surface area contributed by atoms with Crippen molar-refractivity contribution in [3.63, 3.8) is 0 Å². The van der Waals surface area contributed by atoms with Crippen LogP contribution < -0.4 is 5.32 Å². The van der Waals surface area contributed by atoms with E-state index in [9.17, 15) is 14.4 Å². The molecule has 1 amide bonds. The van der Waals surface area contributed by atoms with Gasteiger partial charge in [0, 0.05) is 25.1 Å². The first-order valence-corrected chi connectivity index (χ1v) is 5.20. The summed E-state index contributed by atoms with van der Waals surface area (Å²) in [4.78, 5) is 32.3. The number of amides is 1. The summed E-state index contributed by atoms with van der Waals surface area (Å²) >= 11 is 3.84. The predicted octanol–water partition coefficient (Wildman–Crippen LogP) is 0.102. The Kier molecular flexibility index (Phi) is 6.77. The van der Waals surface area contributed by atoms with Crippen LogP contribution in [0, 0.1) is 5.92 Å². The fourth-order valence-corrected chi connectivity index (χ4v) is 1.19. The van der Waals surface area contributed by atoms with Gasteiger partial charge in [0.15, 0.2) is 0 Å². The van der Waals surface area contributed by atoms with Gasteiger partial charge in [-0.1, -0.05) is 0 Å². The maximum absolute atomic E-state index is 11.2. The molecule has 0 bridgehead atoms. The summed E-state index contributed by atoms with van der Waals surface area (Å²) < 4.78 is 0. The second-order valence-corrected chi connectivity index (χ2v) is 3.59. The predicted molar refractivity (Wildman–Crippen MR) is 57.9 cm³/mol. The molecule has 0 spiro atoms. The number of rotatable bonds is 7. The minimum atomic E-state index is -1.04. The Morgan fingerprint density at radius 2 is 2.00 bits per heavy atom. The van der Waals surface area contributed by atoms with Crippen LogP contribution in [-0.2, 0) is 14.4 Å². The van der Waals surface area contributed by atoms with Gasteiger partial charge in [0.2, 0.25) is 5.91 Å². The highest BCUT2D eigenvalue weighted by atomic mass is 32.1. The highest BCUT2D eigenvalue weighted by molar-refractivity contribution is 7.80. The number of hydrogen-bond donors (Lipinski definition) is 3. The number of ketones is 1. The van der Waals surface area contributed by atoms with E-state index in [4.69, 9.17) is 5.11 Å². The molecule has 0 aliphatic carbocycles. The van der Waals surface area contributed by atoms with E-state index in [1.807, 2.05) is 0 Å². The molecule has 1 unspecified atom stereocenters. The van der Waals surface area contributed by atoms with Gasteiger partial charge in [-0.15, -0.1) is 0 Å². The Morgan fingerprint density at radius 1 is 1.40 bits per heavy atom. The summed E-state index contributed by atoms with van der Waals surface area (Å²) in [6.07, 6.45) is 0.168. The monoisotopic (exact) mass is 233 g/mol. The zero-order valence-electron chi connectivity index (χ0n) is 8.52. The molecule has 0 aliphatic rings. The van der Waals surface area contributed by atoms with Crippen molar-refractivity contribution < 1.29 is 19.5 Å². The van der Waals surface area contributed by atoms with Gasteiger partial charge in [0.05, 0.1) is 5.92 Å². The van der Waals surface area contributed by atoms with Crippen LogP contribution in [0.4, 0.5) is 0 Å². The molecule has 1 atom stereocenters. The molecule has 0 fully saturated rings. The molecule has 0 aliphatic heterocycles. The first-order valence-electron chi connectivity index (χ1n) is 4.57. The molecule has 2 N–H and O–H groups in total. The molecule has 0 radical (unpaired) electrons. The van der Waals surface area contributed by atoms with Gasteiger partial charge in [-0.05, 0) is 6.92 Å². The van der Waals surface area contributed by atoms with E-state index in [1.54, 1.807) is 0 Å². The first-order chi connectivity index (χ1) is 6.97. The highest BCUT2D eigenvalue weighted by Crippen LogP contribution is 2.05. The van der Waals surface area contributed by atoms with Crippen LogP contribution in [0.2, 0.25) is 0 Å². The van der Waals surface area contributed by atoms with Crippen molar-refractivity contribution in [1.82, 2.24) is 5.32 Å². The molecule has 5 nitrogen and oxygen atoms in total. The third-order valence-electron chi connectivity index (χ3n) is 1.80. The van der Waals surface area contributed by atoms with Crippen LogP contribution >= 0.6 is 12.6 Å². The maximum atomic E-state index is 11.2. The standard InChI is InChI=1S/C9H15NO4S/c1-6(11)2-3-10-8(12)4-7(5-15)9(13)14/h7,15H,2-5H2,1H3,(H,10,12)(H,13,14). The molecule has 6 heteroatoms. The lowest BCUT2D eigenvalue weighted by atomic mass is 10.1. The largest absolute Gasteiger partial charge is 0.481 e. The third-order valence-corrected chi connectivity index (χ3v) is 2.24. The van der Waals surface area contributed by atoms with Crippen LogP contribution in [0.5, 0.6) is 0 Å². The topological polar surface area (TPSA) is 83.5 Å². The summed E-state index contributed by atoms with van der Waals surface area (Å²) in [5.74, 6) is -2.07. The van der Waals surface area contributed by atoms with E-state index in [0.717, 1.165) is 0 Å². The fraction of sp³-hybridized carbons (Fsp3) is 0.667. The Labute approximate surface area is 93.6 Å². The molecular formula is C9H15NO4S. The quantitative estimate of drug-likeness (QED) is 0.545. The average Bonchev–Trinajstić information content (AvgIpc) is 2.13. The third kappa shape index (κ3) is 6.96. The molecular weight excluding hydrogens is 218 g/mol. The van der Waals surface area contributed by atoms with Crippen LogP contribution in [0.1, 0.15) is 19.8 Å². The van der Waals surface area contributed by atoms with E-state index in [2.05, 4.69) is 17.9 Å². The van der Waals surface area contributed by atoms with Crippen molar-refractivity contribution in [3.8, 4) is 0 Å². The minimum absolute atomic E-state index is 0.0146. The number of nitrogens with one attached hydrogen (secondary N) is 1. The number of carbonyl (C=O) groups is 3. The molecule has 15 heavy (non-hydrogen) atoms. The average molecular weight is 233 g/mol. The molecule has 0 rings (SSSR count). The van der Waals surface area contributed by atoms with E-state index < -0.39 is 11.9 Å². The first kappa shape index (κ1) is 14.0. The van der Waals surface area contributed by atoms with Gasteiger partial charge < -0.3 is 10.4 Å². The van der Waals surface area contributed by atoms with Crippen molar-refractivity contribution in [2.24, 2.45) is 5.92 Å². The van der Waals surface area contributed by atoms with Crippen molar-refractivity contribution >= 4 is 30.3 Å². The van der Waals surface area contributed by atoms with Gasteiger partial charge in [-0.2, -0.15) is 12.6 Å². The molecule has 0 aromatic carbocycles. The van der Waals surface area contributed by atoms with Crippen LogP contribution in [-0.4, -0.2) is 35.1 Å². The van der Waals surface area contributed by atoms with Crippen molar-refractivity contribution in [2.45, 2.75) is 19.8 Å². The highest BCUT2D eigenvalue weighted by Gasteiger charge is 2.19. The van der Waals surface area contributed by atoms with E-state index in [1.165, 1.54) is 6.92 Å². The minimum Gasteiger partial charge on any atom is -0.481 e. The molecule has 0 saturated carbocycles. The number of aliphatic carboxylic acids is 1. The van der Waals surface area contributed by atoms with Crippen LogP contribution in [0.3, 0.4) is 0 Å². The molecule has 0 heterocycles. The van der Waals surface area contributed by atoms with Gasteiger partial charge in [-0.3, -0.25) is 14.4 Å². The van der Waals surface area contributed by atoms with Crippen LogP contribution in [0.15, 0.2) is 0 Å². The zero-order valence-corrected chi connectivity index (χ0v) is 9.42. The van der Waals surface area contributed by atoms with Gasteiger partial charge in [0.1, 0.15) is 5.78 Å². The van der Waals surface area contributed by atoms with Crippen molar-refractivity contribution in [1.29, 1.82) is 0 Å². The van der Waals surface area contributed by atoms with E-state index in [-0.39, 0.29) is 36.8 Å². The summed E-state index contributed by atoms with van der Waals surface area (Å²) in [6, 6.07) is 0. The molecule has 0 aromatic rings. The summed E-state index contributed by atoms with van der Waals surface area (Å²) in [5.41, 5.74) is 0. The summed E-state index contributed by atoms with van der Waals surface area (Å²) in [6.45, 7) is 1.69. The van der Waals surface area contributed by atoms with Crippen molar-refractivity contribution in [2.75, 3.05) is 12.3 Å². The van der Waals surface area contributed by atoms with Crippen LogP contribution in [0.25, 0.3) is 0 Å². The molecule has 86 valence electrons. The zero-order chi connectivity index (χ0) is 11.8. The number of carboxylic acids is 1. The summed E-state index contributed by atoms with van der Waals surface area (Å²) in [7, 11) is 0. The fourth-order valence-electron chi connectivity index (χ4n) is 0.904. The Morgan fingerprint density at radius 3 is 2.40 bits per heavy atom. The SMILES string of the molecule is CC(=O)CCNC(=O)CC(CS)C(=O)O. The van der Waals surface area contributed by atoms with E-state index >= 15 is 0 Å². The van der Waals surface area contributed by atoms with Gasteiger partial charge >= 0.3 is 5.97 Å². The van der Waals surface area contributed by atoms with Gasteiger partial charge in [0.25, 0.3) is 0 Å². The van der Waals surface area contributed by atoms with Gasteiger partial charge in [-0.25, -0.2) is 0 Å². The number of carbonyl (C=O) groups excluding carboxylic acids is 2. The Balaban J connectivity index is 3.81. The number of Topliss-reactive ketones (excluding diaryl/α,β-unsaturated/α-hetero) is 1. The molecule has 0 saturated heterocycles. The Hall–Kier alpha value is -1.04. The smallest absolute Gasteiger partial charge is 0.307 e. The normalized spacial score (nSPS) is 11.9. The number of hydrogen-bond acceptors (Lipinski definition) is 4. The number of thiol groups is 1. The molecule has 0 aromatic heterocycles. The lowest BCUT2D eigenvalue weighted by molar-refractivity contribution is -0.143.